The van der Waals surface area contributed by atoms with Gasteiger partial charge in [0.25, 0.3) is 0 Å². The summed E-state index contributed by atoms with van der Waals surface area (Å²) in [5, 5.41) is 10.0. The number of piperidine rings is 1. The van der Waals surface area contributed by atoms with Crippen molar-refractivity contribution < 1.29 is 19.4 Å². The van der Waals surface area contributed by atoms with Gasteiger partial charge in [-0.1, -0.05) is 48.2 Å². The number of hydrogen-bond acceptors (Lipinski definition) is 6. The molecule has 6 rings (SSSR count). The largest absolute Gasteiger partial charge is 0.478 e. The fraction of sp³-hybridized carbons (Fsp3) is 0.441. The highest BCUT2D eigenvalue weighted by Crippen LogP contribution is 2.36. The Morgan fingerprint density at radius 3 is 2.37 bits per heavy atom. The summed E-state index contributed by atoms with van der Waals surface area (Å²) in [5.41, 5.74) is 3.73. The number of nitrogens with zero attached hydrogens (tertiary/aromatic N) is 4. The van der Waals surface area contributed by atoms with Crippen LogP contribution >= 0.6 is 11.8 Å². The highest BCUT2D eigenvalue weighted by Gasteiger charge is 2.43. The van der Waals surface area contributed by atoms with Gasteiger partial charge in [-0.2, -0.15) is 0 Å². The van der Waals surface area contributed by atoms with Crippen molar-refractivity contribution in [2.24, 2.45) is 5.92 Å². The monoisotopic (exact) mass is 600 g/mol. The molecule has 226 valence electrons. The van der Waals surface area contributed by atoms with Crippen molar-refractivity contribution in [3.8, 4) is 0 Å². The van der Waals surface area contributed by atoms with Crippen LogP contribution in [0.4, 0.5) is 4.79 Å². The highest BCUT2D eigenvalue weighted by atomic mass is 32.2. The first-order valence-electron chi connectivity index (χ1n) is 15.3. The van der Waals surface area contributed by atoms with E-state index in [0.717, 1.165) is 87.2 Å². The van der Waals surface area contributed by atoms with Crippen molar-refractivity contribution in [2.75, 3.05) is 39.4 Å². The van der Waals surface area contributed by atoms with Gasteiger partial charge in [-0.05, 0) is 80.0 Å². The van der Waals surface area contributed by atoms with E-state index in [2.05, 4.69) is 52.0 Å². The minimum absolute atomic E-state index is 0.0990. The molecule has 2 aromatic carbocycles. The first kappa shape index (κ1) is 29.7. The molecule has 0 unspecified atom stereocenters. The van der Waals surface area contributed by atoms with Gasteiger partial charge in [0.1, 0.15) is 5.03 Å². The van der Waals surface area contributed by atoms with E-state index in [1.807, 2.05) is 24.3 Å². The Morgan fingerprint density at radius 2 is 1.70 bits per heavy atom. The Hall–Kier alpha value is -3.40. The highest BCUT2D eigenvalue weighted by molar-refractivity contribution is 7.99. The van der Waals surface area contributed by atoms with Gasteiger partial charge in [-0.3, -0.25) is 4.90 Å². The van der Waals surface area contributed by atoms with Crippen molar-refractivity contribution >= 4 is 23.8 Å². The van der Waals surface area contributed by atoms with Crippen molar-refractivity contribution in [3.05, 3.63) is 89.1 Å². The SMILES string of the molecule is Cc1nc(Sc2ccc(C(=O)O)cc2)ccc1CN1CCC(N2C(=O)N(CC3CCOCC3)C[C@H]2c2ccccc2)CC1. The van der Waals surface area contributed by atoms with Crippen LogP contribution in [0.25, 0.3) is 0 Å². The number of aryl methyl sites for hydroxylation is 1. The second-order valence-corrected chi connectivity index (χ2v) is 13.0. The average molecular weight is 601 g/mol. The summed E-state index contributed by atoms with van der Waals surface area (Å²) >= 11 is 1.54. The maximum atomic E-state index is 13.9. The number of carbonyl (C=O) groups excluding carboxylic acids is 1. The molecule has 4 heterocycles. The Labute approximate surface area is 258 Å². The van der Waals surface area contributed by atoms with E-state index in [4.69, 9.17) is 14.8 Å². The van der Waals surface area contributed by atoms with Crippen molar-refractivity contribution in [1.82, 2.24) is 19.7 Å². The number of likely N-dealkylation sites (tertiary alicyclic amines) is 1. The third-order valence-electron chi connectivity index (χ3n) is 9.06. The maximum absolute atomic E-state index is 13.9. The van der Waals surface area contributed by atoms with Crippen LogP contribution in [-0.4, -0.2) is 82.2 Å². The molecule has 3 aliphatic heterocycles. The van der Waals surface area contributed by atoms with Crippen molar-refractivity contribution in [3.63, 3.8) is 0 Å². The van der Waals surface area contributed by atoms with E-state index in [1.165, 1.54) is 22.9 Å². The molecule has 3 saturated heterocycles. The summed E-state index contributed by atoms with van der Waals surface area (Å²) in [6, 6.07) is 22.2. The lowest BCUT2D eigenvalue weighted by molar-refractivity contribution is 0.0574. The molecule has 0 aliphatic carbocycles. The van der Waals surface area contributed by atoms with Crippen LogP contribution < -0.4 is 0 Å². The average Bonchev–Trinajstić information content (AvgIpc) is 3.35. The quantitative estimate of drug-likeness (QED) is 0.317. The van der Waals surface area contributed by atoms with Gasteiger partial charge in [0.15, 0.2) is 0 Å². The molecule has 1 N–H and O–H groups in total. The van der Waals surface area contributed by atoms with Crippen molar-refractivity contribution in [2.45, 2.75) is 61.2 Å². The van der Waals surface area contributed by atoms with Gasteiger partial charge in [-0.25, -0.2) is 14.6 Å². The van der Waals surface area contributed by atoms with Gasteiger partial charge < -0.3 is 19.6 Å². The summed E-state index contributed by atoms with van der Waals surface area (Å²) in [6.07, 6.45) is 4.00. The van der Waals surface area contributed by atoms with Crippen molar-refractivity contribution in [1.29, 1.82) is 0 Å². The number of rotatable bonds is 9. The number of hydrogen-bond donors (Lipinski definition) is 1. The Kier molecular flexibility index (Phi) is 9.31. The molecule has 0 radical (unpaired) electrons. The molecule has 9 heteroatoms. The Balaban J connectivity index is 1.07. The molecular formula is C34H40N4O4S. The minimum atomic E-state index is -0.922. The smallest absolute Gasteiger partial charge is 0.335 e. The summed E-state index contributed by atoms with van der Waals surface area (Å²) in [6.45, 7) is 7.99. The minimum Gasteiger partial charge on any atom is -0.478 e. The number of aromatic carboxylic acids is 1. The number of amides is 2. The van der Waals surface area contributed by atoms with E-state index in [-0.39, 0.29) is 23.7 Å². The first-order chi connectivity index (χ1) is 20.9. The second-order valence-electron chi connectivity index (χ2n) is 11.9. The number of urea groups is 1. The van der Waals surface area contributed by atoms with Gasteiger partial charge in [0, 0.05) is 62.6 Å². The first-order valence-corrected chi connectivity index (χ1v) is 16.2. The van der Waals surface area contributed by atoms with E-state index < -0.39 is 5.97 Å². The maximum Gasteiger partial charge on any atom is 0.335 e. The topological polar surface area (TPSA) is 86.2 Å². The summed E-state index contributed by atoms with van der Waals surface area (Å²) in [5.74, 6) is -0.399. The molecule has 8 nitrogen and oxygen atoms in total. The number of ether oxygens (including phenoxy) is 1. The van der Waals surface area contributed by atoms with Crippen LogP contribution in [0.15, 0.2) is 76.7 Å². The lowest BCUT2D eigenvalue weighted by Gasteiger charge is -2.39. The van der Waals surface area contributed by atoms with Crippen LogP contribution in [0, 0.1) is 12.8 Å². The lowest BCUT2D eigenvalue weighted by Crippen LogP contribution is -2.47. The molecule has 0 bridgehead atoms. The number of carbonyl (C=O) groups is 2. The summed E-state index contributed by atoms with van der Waals surface area (Å²) in [4.78, 5) is 37.6. The van der Waals surface area contributed by atoms with E-state index in [0.29, 0.717) is 5.92 Å². The number of carboxylic acids is 1. The molecule has 3 aliphatic rings. The predicted octanol–water partition coefficient (Wildman–Crippen LogP) is 6.11. The van der Waals surface area contributed by atoms with Crippen LogP contribution in [0.3, 0.4) is 0 Å². The number of carboxylic acid groups (broad SMARTS) is 1. The Bertz CT molecular complexity index is 1410. The number of benzene rings is 2. The Morgan fingerprint density at radius 1 is 0.977 bits per heavy atom. The van der Waals surface area contributed by atoms with E-state index >= 15 is 0 Å². The molecule has 3 aromatic rings. The standard InChI is InChI=1S/C34H40N4O4S/c1-24-28(9-12-32(35-24)43-30-10-7-27(8-11-30)33(39)40)22-36-17-13-29(14-18-36)38-31(26-5-3-2-4-6-26)23-37(34(38)41)21-25-15-19-42-20-16-25/h2-12,25,29,31H,13-23H2,1H3,(H,39,40)/t31-/m0/s1. The van der Waals surface area contributed by atoms with Gasteiger partial charge >= 0.3 is 12.0 Å². The zero-order valence-electron chi connectivity index (χ0n) is 24.7. The van der Waals surface area contributed by atoms with Crippen LogP contribution in [0.5, 0.6) is 0 Å². The van der Waals surface area contributed by atoms with Gasteiger partial charge in [-0.15, -0.1) is 0 Å². The molecule has 0 saturated carbocycles. The van der Waals surface area contributed by atoms with E-state index in [9.17, 15) is 9.59 Å². The molecule has 1 atom stereocenters. The fourth-order valence-electron chi connectivity index (χ4n) is 6.59. The lowest BCUT2D eigenvalue weighted by atomic mass is 9.98. The fourth-order valence-corrected chi connectivity index (χ4v) is 7.42. The molecule has 3 fully saturated rings. The van der Waals surface area contributed by atoms with Crippen LogP contribution in [0.2, 0.25) is 0 Å². The predicted molar refractivity (Wildman–Crippen MR) is 166 cm³/mol. The van der Waals surface area contributed by atoms with Gasteiger partial charge in [0.05, 0.1) is 11.6 Å². The molecule has 2 amide bonds. The zero-order valence-corrected chi connectivity index (χ0v) is 25.5. The molecule has 0 spiro atoms. The normalized spacial score (nSPS) is 20.6. The summed E-state index contributed by atoms with van der Waals surface area (Å²) < 4.78 is 5.56. The molecule has 1 aromatic heterocycles. The van der Waals surface area contributed by atoms with E-state index in [1.54, 1.807) is 12.1 Å². The zero-order chi connectivity index (χ0) is 29.8. The number of pyridine rings is 1. The van der Waals surface area contributed by atoms with Crippen LogP contribution in [0.1, 0.15) is 58.9 Å². The van der Waals surface area contributed by atoms with Crippen LogP contribution in [-0.2, 0) is 11.3 Å². The molecular weight excluding hydrogens is 560 g/mol. The summed E-state index contributed by atoms with van der Waals surface area (Å²) in [7, 11) is 0. The van der Waals surface area contributed by atoms with Gasteiger partial charge in [0.2, 0.25) is 0 Å². The second kappa shape index (κ2) is 13.5. The number of aromatic nitrogens is 1. The third kappa shape index (κ3) is 7.06. The third-order valence-corrected chi connectivity index (χ3v) is 10.0. The molecule has 43 heavy (non-hydrogen) atoms.